The molecular weight excluding hydrogens is 238 g/mol. The van der Waals surface area contributed by atoms with E-state index < -0.39 is 0 Å². The van der Waals surface area contributed by atoms with Crippen molar-refractivity contribution in [3.63, 3.8) is 0 Å². The Hall–Kier alpha value is -2.10. The molecule has 0 spiro atoms. The number of aromatic nitrogens is 2. The normalized spacial score (nSPS) is 15.6. The van der Waals surface area contributed by atoms with Crippen LogP contribution in [0.3, 0.4) is 0 Å². The molecule has 0 unspecified atom stereocenters. The van der Waals surface area contributed by atoms with Crippen molar-refractivity contribution >= 4 is 5.82 Å². The Morgan fingerprint density at radius 3 is 2.58 bits per heavy atom. The molecule has 0 aliphatic heterocycles. The first-order chi connectivity index (χ1) is 9.31. The van der Waals surface area contributed by atoms with E-state index in [9.17, 15) is 5.11 Å². The van der Waals surface area contributed by atoms with Gasteiger partial charge in [0.1, 0.15) is 11.6 Å². The summed E-state index contributed by atoms with van der Waals surface area (Å²) in [6.45, 7) is 0. The molecule has 2 aromatic rings. The van der Waals surface area contributed by atoms with Gasteiger partial charge >= 0.3 is 0 Å². The third-order valence-electron chi connectivity index (χ3n) is 3.51. The van der Waals surface area contributed by atoms with Gasteiger partial charge in [-0.25, -0.2) is 0 Å². The van der Waals surface area contributed by atoms with Gasteiger partial charge in [-0.05, 0) is 37.1 Å². The minimum Gasteiger partial charge on any atom is -0.508 e. The molecule has 3 rings (SSSR count). The number of nitrogens with zero attached hydrogens (tertiary/aromatic N) is 2. The molecule has 1 fully saturated rings. The highest BCUT2D eigenvalue weighted by Crippen LogP contribution is 2.23. The summed E-state index contributed by atoms with van der Waals surface area (Å²) < 4.78 is 0. The fraction of sp³-hybridized carbons (Fsp3) is 0.333. The maximum atomic E-state index is 9.46. The third-order valence-corrected chi connectivity index (χ3v) is 3.51. The van der Waals surface area contributed by atoms with Gasteiger partial charge in [0, 0.05) is 11.6 Å². The fourth-order valence-electron chi connectivity index (χ4n) is 2.51. The lowest BCUT2D eigenvalue weighted by molar-refractivity contribution is 0.475. The first-order valence-electron chi connectivity index (χ1n) is 6.71. The average Bonchev–Trinajstić information content (AvgIpc) is 2.92. The van der Waals surface area contributed by atoms with Gasteiger partial charge in [-0.2, -0.15) is 0 Å². The molecule has 0 bridgehead atoms. The number of hydrogen-bond acceptors (Lipinski definition) is 4. The van der Waals surface area contributed by atoms with Crippen LogP contribution in [0.15, 0.2) is 36.4 Å². The third kappa shape index (κ3) is 2.84. The molecule has 1 aliphatic carbocycles. The maximum absolute atomic E-state index is 9.46. The second-order valence-corrected chi connectivity index (χ2v) is 4.98. The number of nitrogens with one attached hydrogen (secondary N) is 1. The van der Waals surface area contributed by atoms with Crippen molar-refractivity contribution in [3.05, 3.63) is 36.4 Å². The molecule has 1 aliphatic rings. The number of aromatic hydroxyl groups is 1. The Labute approximate surface area is 112 Å². The van der Waals surface area contributed by atoms with Crippen LogP contribution in [0.4, 0.5) is 5.82 Å². The Morgan fingerprint density at radius 1 is 1.05 bits per heavy atom. The lowest BCUT2D eigenvalue weighted by atomic mass is 10.1. The van der Waals surface area contributed by atoms with Gasteiger partial charge in [-0.3, -0.25) is 0 Å². The van der Waals surface area contributed by atoms with Crippen LogP contribution in [0.25, 0.3) is 11.3 Å². The highest BCUT2D eigenvalue weighted by Gasteiger charge is 2.15. The molecular formula is C15H17N3O. The van der Waals surface area contributed by atoms with Gasteiger partial charge in [-0.1, -0.05) is 25.0 Å². The second-order valence-electron chi connectivity index (χ2n) is 4.98. The van der Waals surface area contributed by atoms with Crippen LogP contribution in [0.1, 0.15) is 25.7 Å². The Bertz CT molecular complexity index is 548. The highest BCUT2D eigenvalue weighted by atomic mass is 16.3. The lowest BCUT2D eigenvalue weighted by Gasteiger charge is -2.11. The van der Waals surface area contributed by atoms with Crippen LogP contribution in [0.2, 0.25) is 0 Å². The zero-order chi connectivity index (χ0) is 13.1. The van der Waals surface area contributed by atoms with E-state index in [1.165, 1.54) is 25.7 Å². The molecule has 0 amide bonds. The monoisotopic (exact) mass is 255 g/mol. The van der Waals surface area contributed by atoms with Crippen LogP contribution in [0, 0.1) is 0 Å². The standard InChI is InChI=1S/C15H17N3O/c19-13-7-3-4-11(10-13)14-8-9-15(18-17-14)16-12-5-1-2-6-12/h3-4,7-10,12,19H,1-2,5-6H2,(H,16,18). The molecule has 0 saturated heterocycles. The van der Waals surface area contributed by atoms with Crippen molar-refractivity contribution in [3.8, 4) is 17.0 Å². The molecule has 1 aromatic carbocycles. The van der Waals surface area contributed by atoms with Crippen molar-refractivity contribution in [2.24, 2.45) is 0 Å². The minimum absolute atomic E-state index is 0.243. The van der Waals surface area contributed by atoms with Crippen molar-refractivity contribution in [2.45, 2.75) is 31.7 Å². The van der Waals surface area contributed by atoms with E-state index in [2.05, 4.69) is 15.5 Å². The molecule has 1 heterocycles. The largest absolute Gasteiger partial charge is 0.508 e. The van der Waals surface area contributed by atoms with E-state index in [0.29, 0.717) is 6.04 Å². The fourth-order valence-corrected chi connectivity index (χ4v) is 2.51. The quantitative estimate of drug-likeness (QED) is 0.884. The first kappa shape index (κ1) is 12.0. The predicted octanol–water partition coefficient (Wildman–Crippen LogP) is 3.20. The van der Waals surface area contributed by atoms with E-state index >= 15 is 0 Å². The molecule has 4 heteroatoms. The molecule has 0 atom stereocenters. The molecule has 0 radical (unpaired) electrons. The number of phenolic OH excluding ortho intramolecular Hbond substituents is 1. The average molecular weight is 255 g/mol. The van der Waals surface area contributed by atoms with Gasteiger partial charge < -0.3 is 10.4 Å². The SMILES string of the molecule is Oc1cccc(-c2ccc(NC3CCCC3)nn2)c1. The van der Waals surface area contributed by atoms with Crippen molar-refractivity contribution in [1.29, 1.82) is 0 Å². The van der Waals surface area contributed by atoms with E-state index in [0.717, 1.165) is 17.1 Å². The van der Waals surface area contributed by atoms with E-state index in [-0.39, 0.29) is 5.75 Å². The van der Waals surface area contributed by atoms with Gasteiger partial charge in [0.05, 0.1) is 5.69 Å². The van der Waals surface area contributed by atoms with E-state index in [4.69, 9.17) is 0 Å². The topological polar surface area (TPSA) is 58.0 Å². The number of benzene rings is 1. The van der Waals surface area contributed by atoms with Crippen molar-refractivity contribution in [1.82, 2.24) is 10.2 Å². The minimum atomic E-state index is 0.243. The summed E-state index contributed by atoms with van der Waals surface area (Å²) >= 11 is 0. The smallest absolute Gasteiger partial charge is 0.148 e. The van der Waals surface area contributed by atoms with Gasteiger partial charge in [0.2, 0.25) is 0 Å². The van der Waals surface area contributed by atoms with Gasteiger partial charge in [0.15, 0.2) is 0 Å². The Balaban J connectivity index is 1.74. The van der Waals surface area contributed by atoms with Crippen LogP contribution in [0.5, 0.6) is 5.75 Å². The molecule has 4 nitrogen and oxygen atoms in total. The molecule has 19 heavy (non-hydrogen) atoms. The zero-order valence-corrected chi connectivity index (χ0v) is 10.7. The van der Waals surface area contributed by atoms with Crippen LogP contribution < -0.4 is 5.32 Å². The van der Waals surface area contributed by atoms with E-state index in [1.54, 1.807) is 18.2 Å². The summed E-state index contributed by atoms with van der Waals surface area (Å²) in [5.41, 5.74) is 1.65. The Kier molecular flexibility index (Phi) is 3.31. The molecule has 2 N–H and O–H groups in total. The predicted molar refractivity (Wildman–Crippen MR) is 75.0 cm³/mol. The molecule has 1 aromatic heterocycles. The van der Waals surface area contributed by atoms with Crippen LogP contribution >= 0.6 is 0 Å². The zero-order valence-electron chi connectivity index (χ0n) is 10.7. The summed E-state index contributed by atoms with van der Waals surface area (Å²) in [5.74, 6) is 1.07. The first-order valence-corrected chi connectivity index (χ1v) is 6.71. The number of rotatable bonds is 3. The van der Waals surface area contributed by atoms with Crippen LogP contribution in [-0.4, -0.2) is 21.3 Å². The summed E-state index contributed by atoms with van der Waals surface area (Å²) in [7, 11) is 0. The van der Waals surface area contributed by atoms with E-state index in [1.807, 2.05) is 18.2 Å². The summed E-state index contributed by atoms with van der Waals surface area (Å²) in [6.07, 6.45) is 5.03. The van der Waals surface area contributed by atoms with Crippen LogP contribution in [-0.2, 0) is 0 Å². The second kappa shape index (κ2) is 5.26. The number of anilines is 1. The summed E-state index contributed by atoms with van der Waals surface area (Å²) in [4.78, 5) is 0. The molecule has 98 valence electrons. The lowest BCUT2D eigenvalue weighted by Crippen LogP contribution is -2.15. The Morgan fingerprint density at radius 2 is 1.89 bits per heavy atom. The van der Waals surface area contributed by atoms with Crippen molar-refractivity contribution < 1.29 is 5.11 Å². The number of hydrogen-bond donors (Lipinski definition) is 2. The molecule has 1 saturated carbocycles. The maximum Gasteiger partial charge on any atom is 0.148 e. The van der Waals surface area contributed by atoms with Gasteiger partial charge in [-0.15, -0.1) is 10.2 Å². The summed E-state index contributed by atoms with van der Waals surface area (Å²) in [5, 5.41) is 21.3. The summed E-state index contributed by atoms with van der Waals surface area (Å²) in [6, 6.07) is 11.5. The van der Waals surface area contributed by atoms with Crippen molar-refractivity contribution in [2.75, 3.05) is 5.32 Å². The highest BCUT2D eigenvalue weighted by molar-refractivity contribution is 5.61. The number of phenols is 1. The van der Waals surface area contributed by atoms with Gasteiger partial charge in [0.25, 0.3) is 0 Å².